The lowest BCUT2D eigenvalue weighted by Crippen LogP contribution is -2.31. The summed E-state index contributed by atoms with van der Waals surface area (Å²) in [5.41, 5.74) is 0.925. The van der Waals surface area contributed by atoms with Crippen molar-refractivity contribution in [2.45, 2.75) is 23.3 Å². The molecule has 0 fully saturated rings. The van der Waals surface area contributed by atoms with E-state index < -0.39 is 0 Å². The minimum Gasteiger partial charge on any atom is -0.373 e. The molecule has 1 aromatic heterocycles. The topological polar surface area (TPSA) is 40.2 Å². The van der Waals surface area contributed by atoms with E-state index in [0.29, 0.717) is 5.11 Å². The van der Waals surface area contributed by atoms with Crippen molar-refractivity contribution in [3.63, 3.8) is 0 Å². The Morgan fingerprint density at radius 1 is 1.22 bits per heavy atom. The molecule has 0 aliphatic heterocycles. The molecule has 1 aromatic carbocycles. The van der Waals surface area contributed by atoms with Gasteiger partial charge in [0.25, 0.3) is 0 Å². The largest absolute Gasteiger partial charge is 0.373 e. The van der Waals surface area contributed by atoms with Crippen molar-refractivity contribution < 1.29 is 0 Å². The maximum Gasteiger partial charge on any atom is 0.173 e. The van der Waals surface area contributed by atoms with Gasteiger partial charge in [0, 0.05) is 46.6 Å². The van der Waals surface area contributed by atoms with Crippen molar-refractivity contribution in [3.05, 3.63) is 39.3 Å². The highest BCUT2D eigenvalue weighted by Gasteiger charge is 2.08. The molecular formula is C19H20Br2N4S2. The zero-order valence-corrected chi connectivity index (χ0v) is 20.1. The summed E-state index contributed by atoms with van der Waals surface area (Å²) in [6.45, 7) is 2.63. The normalized spacial score (nSPS) is 9.96. The quantitative estimate of drug-likeness (QED) is 0.363. The van der Waals surface area contributed by atoms with Gasteiger partial charge in [-0.1, -0.05) is 43.6 Å². The third kappa shape index (κ3) is 7.34. The fraction of sp³-hybridized carbons (Fsp3) is 0.263. The van der Waals surface area contributed by atoms with Crippen molar-refractivity contribution >= 4 is 72.5 Å². The van der Waals surface area contributed by atoms with Gasteiger partial charge in [0.2, 0.25) is 0 Å². The van der Waals surface area contributed by atoms with Crippen LogP contribution in [-0.2, 0) is 0 Å². The SMILES string of the molecule is CC#CCCN(C)C(=S)Nc1cc(Br)cc(Sc2cc(Br)cc(NC)n2)c1. The van der Waals surface area contributed by atoms with Gasteiger partial charge in [0.1, 0.15) is 10.8 Å². The minimum atomic E-state index is 0.667. The van der Waals surface area contributed by atoms with E-state index in [0.717, 1.165) is 43.3 Å². The van der Waals surface area contributed by atoms with Crippen LogP contribution >= 0.6 is 55.8 Å². The number of nitrogens with one attached hydrogen (secondary N) is 2. The van der Waals surface area contributed by atoms with Crippen LogP contribution in [-0.4, -0.2) is 35.6 Å². The number of benzene rings is 1. The summed E-state index contributed by atoms with van der Waals surface area (Å²) in [4.78, 5) is 7.62. The molecule has 27 heavy (non-hydrogen) atoms. The standard InChI is InChI=1S/C19H20Br2N4S2/c1-4-5-6-7-25(3)19(26)23-15-8-13(20)9-16(12-15)27-18-11-14(21)10-17(22-2)24-18/h8-12H,6-7H2,1-3H3,(H,22,24)(H,23,26). The first-order valence-electron chi connectivity index (χ1n) is 8.16. The molecule has 2 N–H and O–H groups in total. The first kappa shape index (κ1) is 22.0. The fourth-order valence-corrected chi connectivity index (χ4v) is 4.52. The van der Waals surface area contributed by atoms with E-state index in [1.807, 2.05) is 44.1 Å². The number of hydrogen-bond acceptors (Lipinski definition) is 4. The molecule has 0 aliphatic rings. The molecule has 0 radical (unpaired) electrons. The maximum atomic E-state index is 5.49. The predicted octanol–water partition coefficient (Wildman–Crippen LogP) is 5.84. The van der Waals surface area contributed by atoms with Gasteiger partial charge in [0.15, 0.2) is 5.11 Å². The lowest BCUT2D eigenvalue weighted by molar-refractivity contribution is 0.525. The second-order valence-corrected chi connectivity index (χ2v) is 8.88. The minimum absolute atomic E-state index is 0.667. The molecule has 8 heteroatoms. The molecule has 0 amide bonds. The van der Waals surface area contributed by atoms with Crippen LogP contribution in [0.5, 0.6) is 0 Å². The number of anilines is 2. The van der Waals surface area contributed by atoms with Gasteiger partial charge in [-0.3, -0.25) is 0 Å². The van der Waals surface area contributed by atoms with E-state index in [-0.39, 0.29) is 0 Å². The summed E-state index contributed by atoms with van der Waals surface area (Å²) in [5, 5.41) is 7.93. The smallest absolute Gasteiger partial charge is 0.173 e. The average molecular weight is 528 g/mol. The molecule has 0 atom stereocenters. The first-order chi connectivity index (χ1) is 12.9. The lowest BCUT2D eigenvalue weighted by atomic mass is 10.3. The highest BCUT2D eigenvalue weighted by molar-refractivity contribution is 9.10. The van der Waals surface area contributed by atoms with E-state index >= 15 is 0 Å². The summed E-state index contributed by atoms with van der Waals surface area (Å²) in [7, 11) is 3.82. The molecular weight excluding hydrogens is 508 g/mol. The van der Waals surface area contributed by atoms with Gasteiger partial charge in [-0.2, -0.15) is 0 Å². The van der Waals surface area contributed by atoms with E-state index in [2.05, 4.69) is 71.5 Å². The molecule has 0 aliphatic carbocycles. The average Bonchev–Trinajstić information content (AvgIpc) is 2.60. The Hall–Kier alpha value is -1.27. The summed E-state index contributed by atoms with van der Waals surface area (Å²) in [6, 6.07) is 10.1. The Kier molecular flexibility index (Phi) is 8.90. The van der Waals surface area contributed by atoms with Crippen LogP contribution in [0.3, 0.4) is 0 Å². The summed E-state index contributed by atoms with van der Waals surface area (Å²) < 4.78 is 1.96. The number of pyridine rings is 1. The Balaban J connectivity index is 2.12. The number of aromatic nitrogens is 1. The second kappa shape index (κ2) is 10.9. The van der Waals surface area contributed by atoms with Crippen molar-refractivity contribution in [2.75, 3.05) is 31.3 Å². The van der Waals surface area contributed by atoms with Crippen LogP contribution in [0, 0.1) is 11.8 Å². The maximum absolute atomic E-state index is 5.49. The molecule has 0 unspecified atom stereocenters. The number of nitrogens with zero attached hydrogens (tertiary/aromatic N) is 2. The van der Waals surface area contributed by atoms with Crippen molar-refractivity contribution in [1.82, 2.24) is 9.88 Å². The monoisotopic (exact) mass is 526 g/mol. The summed E-state index contributed by atoms with van der Waals surface area (Å²) in [6.07, 6.45) is 0.788. The van der Waals surface area contributed by atoms with E-state index in [1.165, 1.54) is 0 Å². The molecule has 0 spiro atoms. The van der Waals surface area contributed by atoms with Crippen LogP contribution in [0.1, 0.15) is 13.3 Å². The zero-order chi connectivity index (χ0) is 19.8. The van der Waals surface area contributed by atoms with Crippen LogP contribution in [0.4, 0.5) is 11.5 Å². The summed E-state index contributed by atoms with van der Waals surface area (Å²) in [5.74, 6) is 6.77. The van der Waals surface area contributed by atoms with Gasteiger partial charge in [0.05, 0.1) is 0 Å². The van der Waals surface area contributed by atoms with Gasteiger partial charge < -0.3 is 15.5 Å². The Morgan fingerprint density at radius 2 is 1.96 bits per heavy atom. The number of hydrogen-bond donors (Lipinski definition) is 2. The van der Waals surface area contributed by atoms with Crippen molar-refractivity contribution in [2.24, 2.45) is 0 Å². The lowest BCUT2D eigenvalue weighted by Gasteiger charge is -2.20. The molecule has 2 rings (SSSR count). The highest BCUT2D eigenvalue weighted by atomic mass is 79.9. The molecule has 4 nitrogen and oxygen atoms in total. The van der Waals surface area contributed by atoms with Crippen LogP contribution < -0.4 is 10.6 Å². The Labute approximate surface area is 187 Å². The van der Waals surface area contributed by atoms with Crippen LogP contribution in [0.25, 0.3) is 0 Å². The van der Waals surface area contributed by atoms with E-state index in [1.54, 1.807) is 11.8 Å². The van der Waals surface area contributed by atoms with Crippen molar-refractivity contribution in [1.29, 1.82) is 0 Å². The van der Waals surface area contributed by atoms with Gasteiger partial charge in [-0.15, -0.1) is 11.8 Å². The molecule has 1 heterocycles. The van der Waals surface area contributed by atoms with Gasteiger partial charge >= 0.3 is 0 Å². The molecule has 2 aromatic rings. The third-order valence-electron chi connectivity index (χ3n) is 3.46. The number of rotatable bonds is 6. The Bertz CT molecular complexity index is 878. The molecule has 0 bridgehead atoms. The van der Waals surface area contributed by atoms with Gasteiger partial charge in [-0.05, 0) is 49.5 Å². The number of halogens is 2. The van der Waals surface area contributed by atoms with E-state index in [9.17, 15) is 0 Å². The zero-order valence-electron chi connectivity index (χ0n) is 15.3. The summed E-state index contributed by atoms with van der Waals surface area (Å²) >= 11 is 14.2. The van der Waals surface area contributed by atoms with E-state index in [4.69, 9.17) is 12.2 Å². The third-order valence-corrected chi connectivity index (χ3v) is 5.68. The van der Waals surface area contributed by atoms with Crippen molar-refractivity contribution in [3.8, 4) is 11.8 Å². The van der Waals surface area contributed by atoms with Crippen LogP contribution in [0.2, 0.25) is 0 Å². The van der Waals surface area contributed by atoms with Gasteiger partial charge in [-0.25, -0.2) is 4.98 Å². The Morgan fingerprint density at radius 3 is 2.67 bits per heavy atom. The highest BCUT2D eigenvalue weighted by Crippen LogP contribution is 2.33. The molecule has 142 valence electrons. The first-order valence-corrected chi connectivity index (χ1v) is 11.0. The molecule has 0 saturated carbocycles. The van der Waals surface area contributed by atoms with Crippen LogP contribution in [0.15, 0.2) is 49.2 Å². The molecule has 0 saturated heterocycles. The predicted molar refractivity (Wildman–Crippen MR) is 127 cm³/mol. The fourth-order valence-electron chi connectivity index (χ4n) is 2.14. The number of thiocarbonyl (C=S) groups is 1. The second-order valence-electron chi connectivity index (χ2n) is 5.56.